The lowest BCUT2D eigenvalue weighted by Crippen LogP contribution is -2.42. The molecule has 0 aliphatic carbocycles. The molecule has 0 unspecified atom stereocenters. The Hall–Kier alpha value is -1.22. The van der Waals surface area contributed by atoms with Crippen molar-refractivity contribution in [3.05, 3.63) is 26.3 Å². The second kappa shape index (κ2) is 8.65. The first-order valence-electron chi connectivity index (χ1n) is 8.46. The SMILES string of the molecule is CC(C)(C)OC(=O)N1CCC(COc2cc(I)c(Cl)cc2C(N)=O)CC1. The number of primary amides is 1. The Morgan fingerprint density at radius 3 is 2.46 bits per heavy atom. The summed E-state index contributed by atoms with van der Waals surface area (Å²) in [5.74, 6) is 0.168. The van der Waals surface area contributed by atoms with Gasteiger partial charge in [-0.05, 0) is 74.3 Å². The number of amides is 2. The number of nitrogens with two attached hydrogens (primary N) is 1. The predicted molar refractivity (Wildman–Crippen MR) is 109 cm³/mol. The van der Waals surface area contributed by atoms with Crippen LogP contribution in [0.1, 0.15) is 44.0 Å². The fourth-order valence-electron chi connectivity index (χ4n) is 2.66. The summed E-state index contributed by atoms with van der Waals surface area (Å²) >= 11 is 8.13. The van der Waals surface area contributed by atoms with Gasteiger partial charge in [0.1, 0.15) is 11.4 Å². The van der Waals surface area contributed by atoms with Crippen molar-refractivity contribution in [2.45, 2.75) is 39.2 Å². The smallest absolute Gasteiger partial charge is 0.410 e. The van der Waals surface area contributed by atoms with Gasteiger partial charge in [-0.1, -0.05) is 11.6 Å². The van der Waals surface area contributed by atoms with E-state index in [1.165, 1.54) is 6.07 Å². The number of carbonyl (C=O) groups excluding carboxylic acids is 2. The molecule has 1 heterocycles. The summed E-state index contributed by atoms with van der Waals surface area (Å²) in [7, 11) is 0. The second-order valence-corrected chi connectivity index (χ2v) is 8.92. The van der Waals surface area contributed by atoms with Gasteiger partial charge in [-0.25, -0.2) is 4.79 Å². The molecule has 1 aromatic carbocycles. The Morgan fingerprint density at radius 1 is 1.31 bits per heavy atom. The second-order valence-electron chi connectivity index (χ2n) is 7.35. The minimum absolute atomic E-state index is 0.278. The maximum absolute atomic E-state index is 12.1. The van der Waals surface area contributed by atoms with Crippen LogP contribution in [0.3, 0.4) is 0 Å². The molecule has 6 nitrogen and oxygen atoms in total. The highest BCUT2D eigenvalue weighted by Gasteiger charge is 2.27. The monoisotopic (exact) mass is 494 g/mol. The van der Waals surface area contributed by atoms with Crippen LogP contribution < -0.4 is 10.5 Å². The first-order valence-corrected chi connectivity index (χ1v) is 9.92. The fraction of sp³-hybridized carbons (Fsp3) is 0.556. The van der Waals surface area contributed by atoms with Crippen LogP contribution in [-0.4, -0.2) is 42.2 Å². The van der Waals surface area contributed by atoms with Crippen LogP contribution in [0.4, 0.5) is 4.79 Å². The molecule has 8 heteroatoms. The Bertz CT molecular complexity index is 683. The van der Waals surface area contributed by atoms with E-state index in [0.717, 1.165) is 16.4 Å². The van der Waals surface area contributed by atoms with Crippen molar-refractivity contribution in [3.8, 4) is 5.75 Å². The molecule has 1 aromatic rings. The zero-order valence-corrected chi connectivity index (χ0v) is 18.1. The molecule has 26 heavy (non-hydrogen) atoms. The zero-order valence-electron chi connectivity index (χ0n) is 15.2. The lowest BCUT2D eigenvalue weighted by molar-refractivity contribution is 0.0164. The van der Waals surface area contributed by atoms with Crippen LogP contribution in [0, 0.1) is 9.49 Å². The summed E-state index contributed by atoms with van der Waals surface area (Å²) < 4.78 is 12.0. The van der Waals surface area contributed by atoms with E-state index in [9.17, 15) is 9.59 Å². The molecule has 0 bridgehead atoms. The van der Waals surface area contributed by atoms with E-state index in [-0.39, 0.29) is 11.7 Å². The van der Waals surface area contributed by atoms with Gasteiger partial charge in [-0.3, -0.25) is 4.79 Å². The average molecular weight is 495 g/mol. The molecule has 1 fully saturated rings. The fourth-order valence-corrected chi connectivity index (χ4v) is 3.26. The van der Waals surface area contributed by atoms with E-state index in [2.05, 4.69) is 22.6 Å². The number of carbonyl (C=O) groups is 2. The van der Waals surface area contributed by atoms with E-state index in [1.54, 1.807) is 11.0 Å². The number of nitrogens with zero attached hydrogens (tertiary/aromatic N) is 1. The molecule has 1 aliphatic heterocycles. The maximum atomic E-state index is 12.1. The van der Waals surface area contributed by atoms with Crippen molar-refractivity contribution < 1.29 is 19.1 Å². The Labute approximate surface area is 172 Å². The largest absolute Gasteiger partial charge is 0.492 e. The molecule has 0 aromatic heterocycles. The normalized spacial score (nSPS) is 15.7. The summed E-state index contributed by atoms with van der Waals surface area (Å²) in [6.07, 6.45) is 1.35. The summed E-state index contributed by atoms with van der Waals surface area (Å²) in [6.45, 7) is 7.29. The quantitative estimate of drug-likeness (QED) is 0.640. The Balaban J connectivity index is 1.90. The molecule has 144 valence electrons. The zero-order chi connectivity index (χ0) is 19.5. The van der Waals surface area contributed by atoms with Gasteiger partial charge in [0.2, 0.25) is 0 Å². The highest BCUT2D eigenvalue weighted by molar-refractivity contribution is 14.1. The van der Waals surface area contributed by atoms with Gasteiger partial charge in [-0.15, -0.1) is 0 Å². The number of benzene rings is 1. The highest BCUT2D eigenvalue weighted by Crippen LogP contribution is 2.29. The van der Waals surface area contributed by atoms with E-state index in [1.807, 2.05) is 20.8 Å². The number of hydrogen-bond acceptors (Lipinski definition) is 4. The minimum Gasteiger partial charge on any atom is -0.492 e. The van der Waals surface area contributed by atoms with E-state index < -0.39 is 11.5 Å². The van der Waals surface area contributed by atoms with Gasteiger partial charge in [0, 0.05) is 16.7 Å². The van der Waals surface area contributed by atoms with Gasteiger partial charge in [0.25, 0.3) is 5.91 Å². The molecule has 2 N–H and O–H groups in total. The van der Waals surface area contributed by atoms with Crippen molar-refractivity contribution in [1.29, 1.82) is 0 Å². The van der Waals surface area contributed by atoms with Gasteiger partial charge in [0.15, 0.2) is 0 Å². The lowest BCUT2D eigenvalue weighted by atomic mass is 9.98. The van der Waals surface area contributed by atoms with Gasteiger partial charge < -0.3 is 20.1 Å². The summed E-state index contributed by atoms with van der Waals surface area (Å²) in [5.41, 5.74) is 5.19. The first-order chi connectivity index (χ1) is 12.1. The van der Waals surface area contributed by atoms with E-state index in [4.69, 9.17) is 26.8 Å². The van der Waals surface area contributed by atoms with Gasteiger partial charge >= 0.3 is 6.09 Å². The molecule has 1 aliphatic rings. The number of likely N-dealkylation sites (tertiary alicyclic amines) is 1. The Kier molecular flexibility index (Phi) is 7.01. The maximum Gasteiger partial charge on any atom is 0.410 e. The predicted octanol–water partition coefficient (Wildman–Crippen LogP) is 4.07. The standard InChI is InChI=1S/C18H24ClIN2O4/c1-18(2,3)26-17(24)22-6-4-11(5-7-22)10-25-15-9-14(20)13(19)8-12(15)16(21)23/h8-9,11H,4-7,10H2,1-3H3,(H2,21,23). The molecule has 0 atom stereocenters. The molecule has 1 saturated heterocycles. The number of ether oxygens (including phenoxy) is 2. The van der Waals surface area contributed by atoms with Crippen LogP contribution in [0.25, 0.3) is 0 Å². The van der Waals surface area contributed by atoms with Crippen LogP contribution in [-0.2, 0) is 4.74 Å². The van der Waals surface area contributed by atoms with Crippen LogP contribution in [0.15, 0.2) is 12.1 Å². The molecule has 0 spiro atoms. The average Bonchev–Trinajstić information content (AvgIpc) is 2.54. The third-order valence-corrected chi connectivity index (χ3v) is 5.55. The first kappa shape index (κ1) is 21.1. The number of rotatable bonds is 4. The summed E-state index contributed by atoms with van der Waals surface area (Å²) in [4.78, 5) is 25.4. The molecule has 0 radical (unpaired) electrons. The number of hydrogen-bond donors (Lipinski definition) is 1. The highest BCUT2D eigenvalue weighted by atomic mass is 127. The molecular formula is C18H24ClIN2O4. The van der Waals surface area contributed by atoms with Crippen molar-refractivity contribution in [2.24, 2.45) is 11.7 Å². The van der Waals surface area contributed by atoms with Gasteiger partial charge in [0.05, 0.1) is 17.2 Å². The molecule has 0 saturated carbocycles. The van der Waals surface area contributed by atoms with Crippen molar-refractivity contribution >= 4 is 46.2 Å². The molecule has 2 rings (SSSR count). The molecular weight excluding hydrogens is 471 g/mol. The third-order valence-electron chi connectivity index (χ3n) is 4.03. The summed E-state index contributed by atoms with van der Waals surface area (Å²) in [5, 5.41) is 0.470. The van der Waals surface area contributed by atoms with E-state index in [0.29, 0.717) is 36.4 Å². The van der Waals surface area contributed by atoms with Crippen LogP contribution in [0.5, 0.6) is 5.75 Å². The van der Waals surface area contributed by atoms with Crippen molar-refractivity contribution in [2.75, 3.05) is 19.7 Å². The van der Waals surface area contributed by atoms with Crippen LogP contribution in [0.2, 0.25) is 5.02 Å². The Morgan fingerprint density at radius 2 is 1.92 bits per heavy atom. The number of halogens is 2. The minimum atomic E-state index is -0.571. The van der Waals surface area contributed by atoms with Crippen molar-refractivity contribution in [1.82, 2.24) is 4.90 Å². The molecule has 2 amide bonds. The third kappa shape index (κ3) is 5.90. The van der Waals surface area contributed by atoms with Gasteiger partial charge in [-0.2, -0.15) is 0 Å². The van der Waals surface area contributed by atoms with E-state index >= 15 is 0 Å². The topological polar surface area (TPSA) is 81.9 Å². The number of piperidine rings is 1. The van der Waals surface area contributed by atoms with Crippen LogP contribution >= 0.6 is 34.2 Å². The summed E-state index contributed by atoms with van der Waals surface area (Å²) in [6, 6.07) is 3.25. The van der Waals surface area contributed by atoms with Crippen molar-refractivity contribution in [3.63, 3.8) is 0 Å². The lowest BCUT2D eigenvalue weighted by Gasteiger charge is -2.33.